The molecule has 0 atom stereocenters. The van der Waals surface area contributed by atoms with E-state index in [4.69, 9.17) is 5.11 Å². The molecule has 0 amide bonds. The molecule has 0 unspecified atom stereocenters. The number of aromatic carboxylic acids is 1. The first-order valence-corrected chi connectivity index (χ1v) is 9.59. The van der Waals surface area contributed by atoms with E-state index in [1.807, 2.05) is 0 Å². The Kier molecular flexibility index (Phi) is 4.49. The van der Waals surface area contributed by atoms with E-state index in [-0.39, 0.29) is 19.8 Å². The van der Waals surface area contributed by atoms with Crippen molar-refractivity contribution >= 4 is 43.7 Å². The van der Waals surface area contributed by atoms with Crippen molar-refractivity contribution in [2.24, 2.45) is 0 Å². The van der Waals surface area contributed by atoms with Crippen molar-refractivity contribution in [1.29, 1.82) is 0 Å². The summed E-state index contributed by atoms with van der Waals surface area (Å²) in [6, 6.07) is 3.08. The number of nitrogens with zero attached hydrogens (tertiary/aromatic N) is 2. The number of anilines is 1. The molecule has 0 saturated carbocycles. The van der Waals surface area contributed by atoms with Crippen LogP contribution in [0.3, 0.4) is 0 Å². The van der Waals surface area contributed by atoms with Crippen LogP contribution in [0.25, 0.3) is 10.6 Å². The Hall–Kier alpha value is -2.45. The maximum absolute atomic E-state index is 12.5. The molecular formula is C12H6F3N3O5S3. The molecule has 0 saturated heterocycles. The first kappa shape index (κ1) is 18.3. The van der Waals surface area contributed by atoms with Gasteiger partial charge in [0.15, 0.2) is 5.69 Å². The van der Waals surface area contributed by atoms with Gasteiger partial charge in [-0.2, -0.15) is 13.2 Å². The van der Waals surface area contributed by atoms with E-state index in [0.29, 0.717) is 17.4 Å². The third kappa shape index (κ3) is 3.56. The number of rotatable bonds is 5. The predicted molar refractivity (Wildman–Crippen MR) is 84.7 cm³/mol. The molecule has 0 radical (unpaired) electrons. The molecule has 0 aliphatic heterocycles. The quantitative estimate of drug-likeness (QED) is 0.642. The number of carbonyl (C=O) groups is 1. The molecule has 0 spiro atoms. The van der Waals surface area contributed by atoms with Gasteiger partial charge in [0.2, 0.25) is 5.76 Å². The van der Waals surface area contributed by atoms with E-state index in [9.17, 15) is 26.4 Å². The van der Waals surface area contributed by atoms with Gasteiger partial charge in [0, 0.05) is 6.07 Å². The van der Waals surface area contributed by atoms with Crippen molar-refractivity contribution < 1.29 is 36.0 Å². The van der Waals surface area contributed by atoms with Crippen LogP contribution in [0.2, 0.25) is 0 Å². The molecule has 3 aromatic rings. The maximum Gasteiger partial charge on any atom is 0.452 e. The van der Waals surface area contributed by atoms with Crippen molar-refractivity contribution in [3.63, 3.8) is 0 Å². The molecule has 3 aromatic heterocycles. The molecule has 8 nitrogen and oxygen atoms in total. The predicted octanol–water partition coefficient (Wildman–Crippen LogP) is 3.38. The number of carboxylic acids is 1. The third-order valence-electron chi connectivity index (χ3n) is 2.89. The van der Waals surface area contributed by atoms with Gasteiger partial charge >= 0.3 is 12.1 Å². The number of carboxylic acid groups (broad SMARTS) is 1. The number of hydrogen-bond acceptors (Lipinski definition) is 8. The van der Waals surface area contributed by atoms with Gasteiger partial charge in [-0.1, -0.05) is 5.16 Å². The Morgan fingerprint density at radius 1 is 1.31 bits per heavy atom. The fraction of sp³-hybridized carbons (Fsp3) is 0.0833. The van der Waals surface area contributed by atoms with Gasteiger partial charge in [0.1, 0.15) is 14.9 Å². The molecule has 14 heteroatoms. The molecule has 0 aliphatic carbocycles. The largest absolute Gasteiger partial charge is 0.476 e. The monoisotopic (exact) mass is 425 g/mol. The highest BCUT2D eigenvalue weighted by molar-refractivity contribution is 7.95. The molecule has 0 bridgehead atoms. The van der Waals surface area contributed by atoms with Crippen LogP contribution in [-0.4, -0.2) is 29.6 Å². The fourth-order valence-corrected chi connectivity index (χ4v) is 5.02. The van der Waals surface area contributed by atoms with Crippen LogP contribution in [0.4, 0.5) is 18.2 Å². The van der Waals surface area contributed by atoms with Crippen LogP contribution < -0.4 is 4.72 Å². The molecule has 3 rings (SSSR count). The molecule has 138 valence electrons. The highest BCUT2D eigenvalue weighted by atomic mass is 32.2. The van der Waals surface area contributed by atoms with Crippen LogP contribution >= 0.6 is 22.7 Å². The van der Waals surface area contributed by atoms with Gasteiger partial charge in [-0.05, 0) is 12.1 Å². The van der Waals surface area contributed by atoms with Crippen LogP contribution in [-0.2, 0) is 16.2 Å². The van der Waals surface area contributed by atoms with Gasteiger partial charge in [-0.25, -0.2) is 18.2 Å². The Balaban J connectivity index is 1.88. The summed E-state index contributed by atoms with van der Waals surface area (Å²) in [6.07, 6.45) is -4.71. The number of hydrogen-bond donors (Lipinski definition) is 2. The zero-order valence-corrected chi connectivity index (χ0v) is 14.6. The van der Waals surface area contributed by atoms with E-state index in [0.717, 1.165) is 22.9 Å². The average Bonchev–Trinajstić information content (AvgIpc) is 3.25. The normalized spacial score (nSPS) is 12.3. The summed E-state index contributed by atoms with van der Waals surface area (Å²) in [5.41, 5.74) is 0.532. The van der Waals surface area contributed by atoms with Crippen molar-refractivity contribution in [1.82, 2.24) is 10.1 Å². The Labute approximate surface area is 151 Å². The lowest BCUT2D eigenvalue weighted by Crippen LogP contribution is -2.13. The summed E-state index contributed by atoms with van der Waals surface area (Å²) in [6.45, 7) is 0. The summed E-state index contributed by atoms with van der Waals surface area (Å²) in [4.78, 5) is 14.6. The Morgan fingerprint density at radius 2 is 2.04 bits per heavy atom. The van der Waals surface area contributed by atoms with Crippen LogP contribution in [0, 0.1) is 0 Å². The molecule has 0 aliphatic rings. The highest BCUT2D eigenvalue weighted by Crippen LogP contribution is 2.36. The lowest BCUT2D eigenvalue weighted by Gasteiger charge is -2.03. The molecule has 2 N–H and O–H groups in total. The molecule has 0 fully saturated rings. The average molecular weight is 425 g/mol. The molecule has 3 heterocycles. The highest BCUT2D eigenvalue weighted by Gasteiger charge is 2.36. The van der Waals surface area contributed by atoms with Crippen LogP contribution in [0.5, 0.6) is 0 Å². The first-order chi connectivity index (χ1) is 12.1. The van der Waals surface area contributed by atoms with Crippen LogP contribution in [0.1, 0.15) is 16.2 Å². The lowest BCUT2D eigenvalue weighted by molar-refractivity contribution is -0.155. The molecular weight excluding hydrogens is 419 g/mol. The van der Waals surface area contributed by atoms with E-state index in [2.05, 4.69) is 19.4 Å². The zero-order valence-electron chi connectivity index (χ0n) is 12.1. The topological polar surface area (TPSA) is 122 Å². The lowest BCUT2D eigenvalue weighted by atomic mass is 10.3. The summed E-state index contributed by atoms with van der Waals surface area (Å²) >= 11 is 1.43. The number of thiophene rings is 1. The minimum atomic E-state index is -4.71. The first-order valence-electron chi connectivity index (χ1n) is 6.41. The van der Waals surface area contributed by atoms with E-state index < -0.39 is 33.6 Å². The second kappa shape index (κ2) is 6.37. The Morgan fingerprint density at radius 3 is 2.65 bits per heavy atom. The second-order valence-electron chi connectivity index (χ2n) is 4.63. The van der Waals surface area contributed by atoms with Crippen molar-refractivity contribution in [2.45, 2.75) is 10.4 Å². The van der Waals surface area contributed by atoms with Gasteiger partial charge in [0.25, 0.3) is 10.0 Å². The van der Waals surface area contributed by atoms with E-state index in [1.165, 1.54) is 6.07 Å². The number of aromatic nitrogens is 2. The van der Waals surface area contributed by atoms with Gasteiger partial charge < -0.3 is 9.63 Å². The number of halogens is 3. The van der Waals surface area contributed by atoms with E-state index >= 15 is 0 Å². The Bertz CT molecular complexity index is 1070. The summed E-state index contributed by atoms with van der Waals surface area (Å²) in [5.74, 6) is -2.71. The second-order valence-corrected chi connectivity index (χ2v) is 8.48. The summed E-state index contributed by atoms with van der Waals surface area (Å²) in [5, 5.41) is 12.0. The number of nitrogens with one attached hydrogen (secondary N) is 1. The van der Waals surface area contributed by atoms with Gasteiger partial charge in [-0.15, -0.1) is 22.7 Å². The van der Waals surface area contributed by atoms with Crippen LogP contribution in [0.15, 0.2) is 32.4 Å². The molecule has 0 aromatic carbocycles. The van der Waals surface area contributed by atoms with Gasteiger partial charge in [-0.3, -0.25) is 4.72 Å². The van der Waals surface area contributed by atoms with E-state index in [1.54, 1.807) is 0 Å². The number of thiazole rings is 1. The maximum atomic E-state index is 12.5. The smallest absolute Gasteiger partial charge is 0.452 e. The fourth-order valence-electron chi connectivity index (χ4n) is 1.77. The van der Waals surface area contributed by atoms with Crippen molar-refractivity contribution in [2.75, 3.05) is 4.72 Å². The van der Waals surface area contributed by atoms with Crippen molar-refractivity contribution in [3.05, 3.63) is 35.2 Å². The summed E-state index contributed by atoms with van der Waals surface area (Å²) < 4.78 is 68.4. The number of alkyl halides is 3. The minimum Gasteiger partial charge on any atom is -0.476 e. The summed E-state index contributed by atoms with van der Waals surface area (Å²) in [7, 11) is -4.15. The SMILES string of the molecule is O=C(O)c1ncsc1NS(=O)(=O)c1ccc(-c2cc(C(F)(F)F)on2)s1. The molecule has 26 heavy (non-hydrogen) atoms. The number of sulfonamides is 1. The zero-order chi connectivity index (χ0) is 19.1. The minimum absolute atomic E-state index is 0.132. The van der Waals surface area contributed by atoms with Crippen molar-refractivity contribution in [3.8, 4) is 10.6 Å². The standard InChI is InChI=1S/C12H6F3N3O5S3/c13-12(14,15)7-3-5(17-23-7)6-1-2-8(25-6)26(21,22)18-10-9(11(19)20)16-4-24-10/h1-4,18H,(H,19,20). The van der Waals surface area contributed by atoms with Gasteiger partial charge in [0.05, 0.1) is 10.4 Å². The third-order valence-corrected chi connectivity index (χ3v) is 6.71.